The Balaban J connectivity index is 2.27. The maximum atomic E-state index is 12.5. The predicted octanol–water partition coefficient (Wildman–Crippen LogP) is 2.28. The van der Waals surface area contributed by atoms with Crippen LogP contribution >= 0.6 is 0 Å². The highest BCUT2D eigenvalue weighted by Crippen LogP contribution is 2.30. The van der Waals surface area contributed by atoms with E-state index in [-0.39, 0.29) is 11.7 Å². The number of hydrogen-bond acceptors (Lipinski definition) is 4. The van der Waals surface area contributed by atoms with Gasteiger partial charge in [0.2, 0.25) is 0 Å². The van der Waals surface area contributed by atoms with Gasteiger partial charge < -0.3 is 16.3 Å². The van der Waals surface area contributed by atoms with Crippen LogP contribution in [-0.2, 0) is 13.2 Å². The molecule has 0 unspecified atom stereocenters. The number of aryl methyl sites for hydroxylation is 1. The van der Waals surface area contributed by atoms with Crippen LogP contribution in [0, 0.1) is 0 Å². The van der Waals surface area contributed by atoms with Crippen molar-refractivity contribution < 1.29 is 18.4 Å². The van der Waals surface area contributed by atoms with Crippen molar-refractivity contribution in [3.63, 3.8) is 0 Å². The van der Waals surface area contributed by atoms with E-state index in [0.717, 1.165) is 12.1 Å². The molecule has 0 aliphatic rings. The van der Waals surface area contributed by atoms with Crippen LogP contribution in [0.5, 0.6) is 0 Å². The summed E-state index contributed by atoms with van der Waals surface area (Å²) in [5, 5.41) is 18.4. The first kappa shape index (κ1) is 14.7. The van der Waals surface area contributed by atoms with E-state index in [9.17, 15) is 13.2 Å². The van der Waals surface area contributed by atoms with Crippen molar-refractivity contribution in [3.05, 3.63) is 41.6 Å². The van der Waals surface area contributed by atoms with E-state index in [1.807, 2.05) is 0 Å². The Hall–Kier alpha value is -2.71. The Kier molecular flexibility index (Phi) is 3.74. The number of nitrogens with one attached hydrogen (secondary N) is 1. The number of aromatic nitrogens is 2. The van der Waals surface area contributed by atoms with Crippen molar-refractivity contribution >= 4 is 17.3 Å². The molecule has 0 radical (unpaired) electrons. The Labute approximate surface area is 117 Å². The number of anilines is 2. The number of halogens is 3. The van der Waals surface area contributed by atoms with Crippen LogP contribution in [-0.4, -0.2) is 20.8 Å². The number of amidine groups is 1. The molecule has 0 saturated carbocycles. The topological polar surface area (TPSA) is 88.5 Å². The van der Waals surface area contributed by atoms with Crippen LogP contribution in [0.4, 0.5) is 24.7 Å². The summed E-state index contributed by atoms with van der Waals surface area (Å²) >= 11 is 0. The van der Waals surface area contributed by atoms with Crippen molar-refractivity contribution in [1.29, 1.82) is 0 Å². The summed E-state index contributed by atoms with van der Waals surface area (Å²) in [6.07, 6.45) is -2.87. The van der Waals surface area contributed by atoms with Crippen molar-refractivity contribution in [3.8, 4) is 0 Å². The lowest BCUT2D eigenvalue weighted by Gasteiger charge is -2.09. The molecule has 21 heavy (non-hydrogen) atoms. The minimum atomic E-state index is -4.39. The molecule has 1 aromatic heterocycles. The summed E-state index contributed by atoms with van der Waals surface area (Å²) < 4.78 is 38.8. The second-order valence-corrected chi connectivity index (χ2v) is 4.25. The van der Waals surface area contributed by atoms with E-state index in [4.69, 9.17) is 10.9 Å². The van der Waals surface area contributed by atoms with Crippen LogP contribution in [0.15, 0.2) is 35.6 Å². The SMILES string of the molecule is Cn1cc(/C(N)=N/O)c(Nc2ccc(C(F)(F)F)cc2)n1. The highest BCUT2D eigenvalue weighted by Gasteiger charge is 2.30. The van der Waals surface area contributed by atoms with Crippen LogP contribution in [0.25, 0.3) is 0 Å². The van der Waals surface area contributed by atoms with E-state index >= 15 is 0 Å². The molecule has 2 rings (SSSR count). The summed E-state index contributed by atoms with van der Waals surface area (Å²) in [6, 6.07) is 4.45. The summed E-state index contributed by atoms with van der Waals surface area (Å²) in [5.41, 5.74) is 5.49. The van der Waals surface area contributed by atoms with E-state index in [2.05, 4.69) is 15.6 Å². The Morgan fingerprint density at radius 1 is 1.33 bits per heavy atom. The molecule has 2 aromatic rings. The molecule has 0 atom stereocenters. The fraction of sp³-hybridized carbons (Fsp3) is 0.167. The molecule has 1 aromatic carbocycles. The maximum Gasteiger partial charge on any atom is 0.416 e. The van der Waals surface area contributed by atoms with Gasteiger partial charge in [-0.25, -0.2) is 0 Å². The molecule has 9 heteroatoms. The highest BCUT2D eigenvalue weighted by atomic mass is 19.4. The normalized spacial score (nSPS) is 12.5. The quantitative estimate of drug-likeness (QED) is 0.351. The van der Waals surface area contributed by atoms with Crippen LogP contribution in [0.2, 0.25) is 0 Å². The summed E-state index contributed by atoms with van der Waals surface area (Å²) in [6.45, 7) is 0. The van der Waals surface area contributed by atoms with Crippen LogP contribution in [0.1, 0.15) is 11.1 Å². The highest BCUT2D eigenvalue weighted by molar-refractivity contribution is 6.01. The number of rotatable bonds is 3. The van der Waals surface area contributed by atoms with Crippen LogP contribution < -0.4 is 11.1 Å². The monoisotopic (exact) mass is 299 g/mol. The van der Waals surface area contributed by atoms with Crippen molar-refractivity contribution in [1.82, 2.24) is 9.78 Å². The maximum absolute atomic E-state index is 12.5. The van der Waals surface area contributed by atoms with E-state index in [1.54, 1.807) is 7.05 Å². The number of oxime groups is 1. The second kappa shape index (κ2) is 5.35. The average molecular weight is 299 g/mol. The zero-order valence-electron chi connectivity index (χ0n) is 10.9. The zero-order chi connectivity index (χ0) is 15.6. The van der Waals surface area contributed by atoms with Gasteiger partial charge in [-0.15, -0.1) is 0 Å². The molecule has 0 bridgehead atoms. The molecule has 0 fully saturated rings. The van der Waals surface area contributed by atoms with Gasteiger partial charge in [0.15, 0.2) is 11.7 Å². The predicted molar refractivity (Wildman–Crippen MR) is 70.4 cm³/mol. The fourth-order valence-corrected chi connectivity index (χ4v) is 1.70. The lowest BCUT2D eigenvalue weighted by molar-refractivity contribution is -0.137. The number of alkyl halides is 3. The molecule has 0 amide bonds. The Morgan fingerprint density at radius 2 is 1.95 bits per heavy atom. The third-order valence-electron chi connectivity index (χ3n) is 2.69. The van der Waals surface area contributed by atoms with E-state index in [1.165, 1.54) is 23.0 Å². The third-order valence-corrected chi connectivity index (χ3v) is 2.69. The molecule has 0 aliphatic heterocycles. The average Bonchev–Trinajstić information content (AvgIpc) is 2.78. The number of benzene rings is 1. The summed E-state index contributed by atoms with van der Waals surface area (Å²) in [4.78, 5) is 0. The largest absolute Gasteiger partial charge is 0.416 e. The molecule has 0 saturated heterocycles. The minimum Gasteiger partial charge on any atom is -0.409 e. The molecular formula is C12H12F3N5O. The molecule has 6 nitrogen and oxygen atoms in total. The van der Waals surface area contributed by atoms with Gasteiger partial charge in [-0.3, -0.25) is 4.68 Å². The van der Waals surface area contributed by atoms with Gasteiger partial charge in [0.25, 0.3) is 0 Å². The molecule has 0 spiro atoms. The lowest BCUT2D eigenvalue weighted by atomic mass is 10.2. The van der Waals surface area contributed by atoms with Crippen molar-refractivity contribution in [2.24, 2.45) is 17.9 Å². The van der Waals surface area contributed by atoms with Gasteiger partial charge in [-0.05, 0) is 24.3 Å². The minimum absolute atomic E-state index is 0.155. The van der Waals surface area contributed by atoms with Gasteiger partial charge in [-0.2, -0.15) is 18.3 Å². The number of nitrogens with zero attached hydrogens (tertiary/aromatic N) is 3. The van der Waals surface area contributed by atoms with E-state index < -0.39 is 11.7 Å². The Bertz CT molecular complexity index is 661. The molecule has 0 aliphatic carbocycles. The third kappa shape index (κ3) is 3.25. The first-order valence-electron chi connectivity index (χ1n) is 5.77. The molecular weight excluding hydrogens is 287 g/mol. The summed E-state index contributed by atoms with van der Waals surface area (Å²) in [5.74, 6) is 0.116. The molecule has 1 heterocycles. The zero-order valence-corrected chi connectivity index (χ0v) is 10.9. The van der Waals surface area contributed by atoms with Crippen molar-refractivity contribution in [2.45, 2.75) is 6.18 Å². The second-order valence-electron chi connectivity index (χ2n) is 4.25. The first-order chi connectivity index (χ1) is 9.81. The van der Waals surface area contributed by atoms with Gasteiger partial charge in [-0.1, -0.05) is 5.16 Å². The number of nitrogens with two attached hydrogens (primary N) is 1. The molecule has 4 N–H and O–H groups in total. The Morgan fingerprint density at radius 3 is 2.48 bits per heavy atom. The van der Waals surface area contributed by atoms with E-state index in [0.29, 0.717) is 11.3 Å². The first-order valence-corrected chi connectivity index (χ1v) is 5.77. The van der Waals surface area contributed by atoms with Gasteiger partial charge >= 0.3 is 6.18 Å². The van der Waals surface area contributed by atoms with Gasteiger partial charge in [0.05, 0.1) is 11.1 Å². The van der Waals surface area contributed by atoms with Crippen LogP contribution in [0.3, 0.4) is 0 Å². The van der Waals surface area contributed by atoms with Gasteiger partial charge in [0, 0.05) is 18.9 Å². The standard InChI is InChI=1S/C12H12F3N5O/c1-20-6-9(10(16)19-21)11(18-20)17-8-4-2-7(3-5-8)12(13,14)15/h2-6,21H,1H3,(H2,16,19)(H,17,18). The molecule has 112 valence electrons. The number of hydrogen-bond donors (Lipinski definition) is 3. The smallest absolute Gasteiger partial charge is 0.409 e. The van der Waals surface area contributed by atoms with Gasteiger partial charge in [0.1, 0.15) is 0 Å². The van der Waals surface area contributed by atoms with Crippen molar-refractivity contribution in [2.75, 3.05) is 5.32 Å². The lowest BCUT2D eigenvalue weighted by Crippen LogP contribution is -2.14. The summed E-state index contributed by atoms with van der Waals surface area (Å²) in [7, 11) is 1.63. The fourth-order valence-electron chi connectivity index (χ4n) is 1.70.